The summed E-state index contributed by atoms with van der Waals surface area (Å²) in [5, 5.41) is 10.2. The van der Waals surface area contributed by atoms with Gasteiger partial charge in [0.25, 0.3) is 0 Å². The Balaban J connectivity index is 1.31. The van der Waals surface area contributed by atoms with Gasteiger partial charge in [-0.05, 0) is 36.8 Å². The maximum absolute atomic E-state index is 14.7. The normalized spacial score (nSPS) is 11.4. The Morgan fingerprint density at radius 3 is 1.80 bits per heavy atom. The van der Waals surface area contributed by atoms with Crippen molar-refractivity contribution in [1.29, 1.82) is 0 Å². The van der Waals surface area contributed by atoms with Crippen LogP contribution in [0.5, 0.6) is 11.5 Å². The number of amides is 1. The maximum Gasteiger partial charge on any atom is 0.327 e. The average Bonchev–Trinajstić information content (AvgIpc) is 3.66. The van der Waals surface area contributed by atoms with Gasteiger partial charge in [-0.15, -0.1) is 0 Å². The average molecular weight is 700 g/mol. The number of methoxy groups -OCH3 is 2. The van der Waals surface area contributed by atoms with Crippen LogP contribution in [-0.4, -0.2) is 75.3 Å². The van der Waals surface area contributed by atoms with E-state index in [1.807, 2.05) is 0 Å². The first kappa shape index (κ1) is 36.7. The molecule has 0 aliphatic rings. The van der Waals surface area contributed by atoms with Gasteiger partial charge in [-0.3, -0.25) is 28.5 Å². The molecule has 0 aliphatic carbocycles. The first-order valence-electron chi connectivity index (χ1n) is 16.8. The second kappa shape index (κ2) is 16.0. The minimum atomic E-state index is -0.586. The van der Waals surface area contributed by atoms with E-state index in [1.54, 1.807) is 82.3 Å². The van der Waals surface area contributed by atoms with E-state index in [1.165, 1.54) is 34.5 Å². The number of esters is 1. The van der Waals surface area contributed by atoms with E-state index in [0.29, 0.717) is 38.9 Å². The van der Waals surface area contributed by atoms with Gasteiger partial charge in [-0.25, -0.2) is 4.39 Å². The molecule has 0 fully saturated rings. The molecular weight excluding hydrogens is 657 g/mol. The summed E-state index contributed by atoms with van der Waals surface area (Å²) < 4.78 is 33.9. The van der Waals surface area contributed by atoms with E-state index in [-0.39, 0.29) is 79.9 Å². The van der Waals surface area contributed by atoms with E-state index in [2.05, 4.69) is 10.2 Å². The molecule has 2 aromatic heterocycles. The minimum absolute atomic E-state index is 0.0326. The van der Waals surface area contributed by atoms with Crippen molar-refractivity contribution in [2.24, 2.45) is 11.8 Å². The Morgan fingerprint density at radius 1 is 0.765 bits per heavy atom. The van der Waals surface area contributed by atoms with Gasteiger partial charge in [-0.1, -0.05) is 45.9 Å². The third-order valence-corrected chi connectivity index (χ3v) is 8.50. The number of benzene rings is 3. The fourth-order valence-electron chi connectivity index (χ4n) is 5.67. The van der Waals surface area contributed by atoms with Crippen molar-refractivity contribution >= 4 is 45.2 Å². The summed E-state index contributed by atoms with van der Waals surface area (Å²) in [5.74, 6) is -1.25. The summed E-state index contributed by atoms with van der Waals surface area (Å²) in [6.45, 7) is 6.72. The van der Waals surface area contributed by atoms with Crippen LogP contribution in [0.4, 0.5) is 4.39 Å². The zero-order valence-corrected chi connectivity index (χ0v) is 29.6. The molecule has 268 valence electrons. The van der Waals surface area contributed by atoms with Gasteiger partial charge in [0.15, 0.2) is 11.6 Å². The van der Waals surface area contributed by atoms with Gasteiger partial charge in [-0.2, -0.15) is 10.2 Å². The summed E-state index contributed by atoms with van der Waals surface area (Å²) in [5.41, 5.74) is 1.94. The lowest BCUT2D eigenvalue weighted by Crippen LogP contribution is -2.35. The molecule has 2 heterocycles. The Kier molecular flexibility index (Phi) is 11.5. The number of Topliss-reactive ketones (excluding diaryl/α,β-unsaturated/α-hetero) is 2. The largest absolute Gasteiger partial charge is 0.497 e. The fraction of sp³-hybridized carbons (Fsp3) is 0.368. The molecule has 0 spiro atoms. The summed E-state index contributed by atoms with van der Waals surface area (Å²) >= 11 is 0. The maximum atomic E-state index is 14.7. The second-order valence-corrected chi connectivity index (χ2v) is 12.8. The minimum Gasteiger partial charge on any atom is -0.497 e. The van der Waals surface area contributed by atoms with Crippen molar-refractivity contribution in [2.45, 2.75) is 53.8 Å². The number of nitrogens with zero attached hydrogens (tertiary/aromatic N) is 5. The number of hydrogen-bond donors (Lipinski definition) is 0. The zero-order valence-electron chi connectivity index (χ0n) is 29.6. The molecule has 0 saturated heterocycles. The molecule has 0 radical (unpaired) electrons. The topological polar surface area (TPSA) is 135 Å². The molecular formula is C38H42FN5O7. The molecule has 0 aliphatic heterocycles. The zero-order chi connectivity index (χ0) is 36.8. The van der Waals surface area contributed by atoms with Crippen LogP contribution in [0.2, 0.25) is 0 Å². The Labute approximate surface area is 295 Å². The van der Waals surface area contributed by atoms with E-state index in [0.717, 1.165) is 0 Å². The summed E-state index contributed by atoms with van der Waals surface area (Å²) in [7, 11) is 3.05. The van der Waals surface area contributed by atoms with Crippen LogP contribution in [0.25, 0.3) is 21.8 Å². The molecule has 0 saturated carbocycles. The van der Waals surface area contributed by atoms with E-state index in [9.17, 15) is 23.6 Å². The predicted molar refractivity (Wildman–Crippen MR) is 188 cm³/mol. The molecule has 3 aromatic carbocycles. The number of halogens is 1. The molecule has 5 aromatic rings. The first-order valence-corrected chi connectivity index (χ1v) is 16.8. The molecule has 5 rings (SSSR count). The van der Waals surface area contributed by atoms with Gasteiger partial charge in [0, 0.05) is 53.4 Å². The summed E-state index contributed by atoms with van der Waals surface area (Å²) in [6.07, 6.45) is 0.251. The van der Waals surface area contributed by atoms with Crippen molar-refractivity contribution < 1.29 is 37.8 Å². The van der Waals surface area contributed by atoms with Gasteiger partial charge in [0.05, 0.1) is 31.9 Å². The van der Waals surface area contributed by atoms with Crippen LogP contribution in [0.15, 0.2) is 60.7 Å². The molecule has 1 amide bonds. The third-order valence-electron chi connectivity index (χ3n) is 8.50. The van der Waals surface area contributed by atoms with Crippen molar-refractivity contribution in [3.63, 3.8) is 0 Å². The summed E-state index contributed by atoms with van der Waals surface area (Å²) in [6, 6.07) is 16.6. The van der Waals surface area contributed by atoms with Gasteiger partial charge in [0.1, 0.15) is 41.8 Å². The van der Waals surface area contributed by atoms with Crippen molar-refractivity contribution in [1.82, 2.24) is 24.5 Å². The van der Waals surface area contributed by atoms with Crippen LogP contribution in [0.3, 0.4) is 0 Å². The van der Waals surface area contributed by atoms with Crippen molar-refractivity contribution in [2.75, 3.05) is 27.4 Å². The Bertz CT molecular complexity index is 2080. The number of ether oxygens (including phenoxy) is 3. The van der Waals surface area contributed by atoms with E-state index in [4.69, 9.17) is 14.2 Å². The second-order valence-electron chi connectivity index (χ2n) is 12.8. The van der Waals surface area contributed by atoms with Gasteiger partial charge in [0.2, 0.25) is 5.91 Å². The highest BCUT2D eigenvalue weighted by Gasteiger charge is 2.24. The smallest absolute Gasteiger partial charge is 0.327 e. The highest BCUT2D eigenvalue weighted by Crippen LogP contribution is 2.27. The molecule has 0 unspecified atom stereocenters. The van der Waals surface area contributed by atoms with Crippen LogP contribution in [0.1, 0.15) is 60.7 Å². The van der Waals surface area contributed by atoms with Crippen LogP contribution >= 0.6 is 0 Å². The molecule has 0 atom stereocenters. The van der Waals surface area contributed by atoms with Gasteiger partial charge < -0.3 is 19.1 Å². The predicted octanol–water partition coefficient (Wildman–Crippen LogP) is 5.88. The third kappa shape index (κ3) is 8.25. The molecule has 13 heteroatoms. The monoisotopic (exact) mass is 699 g/mol. The van der Waals surface area contributed by atoms with E-state index >= 15 is 0 Å². The number of aromatic nitrogens is 4. The fourth-order valence-corrected chi connectivity index (χ4v) is 5.67. The Morgan fingerprint density at radius 2 is 1.29 bits per heavy atom. The number of fused-ring (bicyclic) bond motifs is 2. The van der Waals surface area contributed by atoms with Crippen LogP contribution in [-0.2, 0) is 34.0 Å². The highest BCUT2D eigenvalue weighted by atomic mass is 19.1. The lowest BCUT2D eigenvalue weighted by Gasteiger charge is -2.23. The summed E-state index contributed by atoms with van der Waals surface area (Å²) in [4.78, 5) is 54.2. The number of ketones is 2. The van der Waals surface area contributed by atoms with Crippen LogP contribution < -0.4 is 9.47 Å². The number of carbonyl (C=O) groups excluding carboxylic acids is 4. The molecule has 12 nitrogen and oxygen atoms in total. The molecule has 0 N–H and O–H groups in total. The quantitative estimate of drug-likeness (QED) is 0.0703. The Hall–Kier alpha value is -5.59. The van der Waals surface area contributed by atoms with Crippen molar-refractivity contribution in [3.8, 4) is 11.5 Å². The van der Waals surface area contributed by atoms with Crippen LogP contribution in [0, 0.1) is 17.7 Å². The van der Waals surface area contributed by atoms with Crippen molar-refractivity contribution in [3.05, 3.63) is 83.4 Å². The number of hydrogen-bond acceptors (Lipinski definition) is 9. The van der Waals surface area contributed by atoms with Gasteiger partial charge >= 0.3 is 5.97 Å². The SMILES string of the molecule is COc1ccc2c(C(=O)C(C)C)nn(CC(=O)OCCCN(Cc3ccccc3F)C(=O)Cn3nc(C(=O)C(C)C)c4ccc(OC)cc43)c2c1. The van der Waals surface area contributed by atoms with E-state index < -0.39 is 11.8 Å². The lowest BCUT2D eigenvalue weighted by molar-refractivity contribution is -0.144. The lowest BCUT2D eigenvalue weighted by atomic mass is 10.0. The standard InChI is InChI=1S/C38H42FN5O7/c1-23(2)37(47)35-28-14-12-26(49-5)18-31(28)43(40-35)21-33(45)42(20-25-10-7-8-11-30(25)39)16-9-17-51-34(46)22-44-32-19-27(50-6)13-15-29(32)36(41-44)38(48)24(3)4/h7-8,10-15,18-19,23-24H,9,16-17,20-22H2,1-6H3. The molecule has 0 bridgehead atoms. The highest BCUT2D eigenvalue weighted by molar-refractivity contribution is 6.08. The molecule has 51 heavy (non-hydrogen) atoms. The number of carbonyl (C=O) groups is 4. The first-order chi connectivity index (χ1) is 24.4. The number of rotatable bonds is 16.